The van der Waals surface area contributed by atoms with Crippen molar-refractivity contribution in [2.45, 2.75) is 39.8 Å². The van der Waals surface area contributed by atoms with Crippen molar-refractivity contribution in [3.63, 3.8) is 0 Å². The third-order valence-electron chi connectivity index (χ3n) is 2.85. The summed E-state index contributed by atoms with van der Waals surface area (Å²) in [5.41, 5.74) is 2.40. The van der Waals surface area contributed by atoms with Crippen LogP contribution in [0.15, 0.2) is 36.8 Å². The van der Waals surface area contributed by atoms with Gasteiger partial charge in [0.05, 0.1) is 6.33 Å². The van der Waals surface area contributed by atoms with Crippen molar-refractivity contribution in [3.8, 4) is 0 Å². The molecule has 1 amide bonds. The molecule has 5 heteroatoms. The van der Waals surface area contributed by atoms with Gasteiger partial charge in [-0.05, 0) is 45.4 Å². The van der Waals surface area contributed by atoms with Gasteiger partial charge in [-0.25, -0.2) is 9.78 Å². The highest BCUT2D eigenvalue weighted by Crippen LogP contribution is 2.15. The van der Waals surface area contributed by atoms with Gasteiger partial charge in [0.15, 0.2) is 0 Å². The number of benzene rings is 1. The van der Waals surface area contributed by atoms with Crippen LogP contribution in [0.5, 0.6) is 0 Å². The Morgan fingerprint density at radius 1 is 1.38 bits per heavy atom. The highest BCUT2D eigenvalue weighted by Gasteiger charge is 2.16. The lowest BCUT2D eigenvalue weighted by Crippen LogP contribution is -2.27. The predicted molar refractivity (Wildman–Crippen MR) is 82.4 cm³/mol. The van der Waals surface area contributed by atoms with E-state index in [4.69, 9.17) is 4.74 Å². The van der Waals surface area contributed by atoms with Crippen LogP contribution in [0.1, 0.15) is 32.0 Å². The molecule has 0 fully saturated rings. The monoisotopic (exact) mass is 287 g/mol. The predicted octanol–water partition coefficient (Wildman–Crippen LogP) is 3.59. The SMILES string of the molecule is Cc1cncn1Cc1cccc(NC(=O)OC(C)(C)C)c1. The molecule has 0 aliphatic rings. The lowest BCUT2D eigenvalue weighted by Gasteiger charge is -2.19. The summed E-state index contributed by atoms with van der Waals surface area (Å²) in [5.74, 6) is 0. The van der Waals surface area contributed by atoms with Crippen molar-refractivity contribution >= 4 is 11.8 Å². The standard InChI is InChI=1S/C16H21N3O2/c1-12-9-17-11-19(12)10-13-6-5-7-14(8-13)18-15(20)21-16(2,3)4/h5-9,11H,10H2,1-4H3,(H,18,20). The number of aryl methyl sites for hydroxylation is 1. The summed E-state index contributed by atoms with van der Waals surface area (Å²) < 4.78 is 7.29. The molecule has 112 valence electrons. The number of imidazole rings is 1. The molecule has 0 radical (unpaired) electrons. The lowest BCUT2D eigenvalue weighted by atomic mass is 10.2. The van der Waals surface area contributed by atoms with Crippen molar-refractivity contribution in [1.29, 1.82) is 0 Å². The molecule has 1 aromatic heterocycles. The zero-order chi connectivity index (χ0) is 15.5. The first-order chi connectivity index (χ1) is 9.83. The van der Waals surface area contributed by atoms with E-state index in [9.17, 15) is 4.79 Å². The molecule has 0 aliphatic carbocycles. The Kier molecular flexibility index (Phi) is 4.31. The van der Waals surface area contributed by atoms with Gasteiger partial charge in [-0.15, -0.1) is 0 Å². The van der Waals surface area contributed by atoms with Gasteiger partial charge in [-0.1, -0.05) is 12.1 Å². The Balaban J connectivity index is 2.04. The quantitative estimate of drug-likeness (QED) is 0.938. The smallest absolute Gasteiger partial charge is 0.412 e. The van der Waals surface area contributed by atoms with E-state index in [1.54, 1.807) is 6.33 Å². The third-order valence-corrected chi connectivity index (χ3v) is 2.85. The number of rotatable bonds is 3. The molecule has 0 unspecified atom stereocenters. The van der Waals surface area contributed by atoms with E-state index in [0.717, 1.165) is 23.5 Å². The van der Waals surface area contributed by atoms with Gasteiger partial charge < -0.3 is 9.30 Å². The van der Waals surface area contributed by atoms with Gasteiger partial charge >= 0.3 is 6.09 Å². The maximum Gasteiger partial charge on any atom is 0.412 e. The van der Waals surface area contributed by atoms with Crippen LogP contribution >= 0.6 is 0 Å². The number of carbonyl (C=O) groups is 1. The summed E-state index contributed by atoms with van der Waals surface area (Å²) in [5, 5.41) is 2.75. The van der Waals surface area contributed by atoms with E-state index >= 15 is 0 Å². The van der Waals surface area contributed by atoms with Crippen molar-refractivity contribution in [3.05, 3.63) is 48.0 Å². The minimum atomic E-state index is -0.504. The second-order valence-electron chi connectivity index (χ2n) is 5.99. The summed E-state index contributed by atoms with van der Waals surface area (Å²) in [6.45, 7) is 8.24. The number of carbonyl (C=O) groups excluding carboxylic acids is 1. The fraction of sp³-hybridized carbons (Fsp3) is 0.375. The highest BCUT2D eigenvalue weighted by atomic mass is 16.6. The average molecular weight is 287 g/mol. The Morgan fingerprint density at radius 3 is 2.76 bits per heavy atom. The van der Waals surface area contributed by atoms with Gasteiger partial charge in [0.1, 0.15) is 5.60 Å². The van der Waals surface area contributed by atoms with Crippen molar-refractivity contribution < 1.29 is 9.53 Å². The molecular weight excluding hydrogens is 266 g/mol. The Morgan fingerprint density at radius 2 is 2.14 bits per heavy atom. The third kappa shape index (κ3) is 4.63. The maximum absolute atomic E-state index is 11.8. The van der Waals surface area contributed by atoms with E-state index < -0.39 is 11.7 Å². The fourth-order valence-electron chi connectivity index (χ4n) is 1.92. The van der Waals surface area contributed by atoms with Gasteiger partial charge in [-0.2, -0.15) is 0 Å². The summed E-state index contributed by atoms with van der Waals surface area (Å²) in [6, 6.07) is 7.70. The second-order valence-corrected chi connectivity index (χ2v) is 5.99. The van der Waals surface area contributed by atoms with Crippen LogP contribution in [-0.4, -0.2) is 21.2 Å². The molecule has 0 saturated heterocycles. The summed E-state index contributed by atoms with van der Waals surface area (Å²) >= 11 is 0. The number of aromatic nitrogens is 2. The van der Waals surface area contributed by atoms with Crippen LogP contribution < -0.4 is 5.32 Å². The first kappa shape index (κ1) is 15.1. The largest absolute Gasteiger partial charge is 0.444 e. The van der Waals surface area contributed by atoms with Crippen molar-refractivity contribution in [1.82, 2.24) is 9.55 Å². The maximum atomic E-state index is 11.8. The van der Waals surface area contributed by atoms with E-state index in [-0.39, 0.29) is 0 Å². The lowest BCUT2D eigenvalue weighted by molar-refractivity contribution is 0.0636. The zero-order valence-corrected chi connectivity index (χ0v) is 12.9. The summed E-state index contributed by atoms with van der Waals surface area (Å²) in [4.78, 5) is 15.9. The molecular formula is C16H21N3O2. The first-order valence-corrected chi connectivity index (χ1v) is 6.89. The molecule has 1 N–H and O–H groups in total. The number of hydrogen-bond acceptors (Lipinski definition) is 3. The number of ether oxygens (including phenoxy) is 1. The second kappa shape index (κ2) is 5.99. The van der Waals surface area contributed by atoms with Crippen molar-refractivity contribution in [2.24, 2.45) is 0 Å². The number of nitrogens with one attached hydrogen (secondary N) is 1. The van der Waals surface area contributed by atoms with Gasteiger partial charge in [0.2, 0.25) is 0 Å². The molecule has 0 aliphatic heterocycles. The van der Waals surface area contributed by atoms with Crippen LogP contribution in [0.25, 0.3) is 0 Å². The number of hydrogen-bond donors (Lipinski definition) is 1. The van der Waals surface area contributed by atoms with E-state index in [2.05, 4.69) is 10.3 Å². The molecule has 2 rings (SSSR count). The molecule has 0 bridgehead atoms. The van der Waals surface area contributed by atoms with E-state index in [1.807, 2.05) is 62.7 Å². The van der Waals surface area contributed by atoms with Crippen LogP contribution in [0.4, 0.5) is 10.5 Å². The summed E-state index contributed by atoms with van der Waals surface area (Å²) in [7, 11) is 0. The average Bonchev–Trinajstić information content (AvgIpc) is 2.73. The van der Waals surface area contributed by atoms with Gasteiger partial charge in [0.25, 0.3) is 0 Å². The Bertz CT molecular complexity index is 626. The minimum absolute atomic E-state index is 0.446. The Labute approximate surface area is 125 Å². The molecule has 2 aromatic rings. The highest BCUT2D eigenvalue weighted by molar-refractivity contribution is 5.84. The number of anilines is 1. The van der Waals surface area contributed by atoms with E-state index in [0.29, 0.717) is 0 Å². The molecule has 1 heterocycles. The van der Waals surface area contributed by atoms with Crippen LogP contribution in [0.2, 0.25) is 0 Å². The molecule has 1 aromatic carbocycles. The normalized spacial score (nSPS) is 11.2. The minimum Gasteiger partial charge on any atom is -0.444 e. The number of amides is 1. The Hall–Kier alpha value is -2.30. The molecule has 0 saturated carbocycles. The fourth-order valence-corrected chi connectivity index (χ4v) is 1.92. The molecule has 0 atom stereocenters. The number of nitrogens with zero attached hydrogens (tertiary/aromatic N) is 2. The van der Waals surface area contributed by atoms with E-state index in [1.165, 1.54) is 0 Å². The van der Waals surface area contributed by atoms with Crippen LogP contribution in [0, 0.1) is 6.92 Å². The molecule has 21 heavy (non-hydrogen) atoms. The topological polar surface area (TPSA) is 56.2 Å². The first-order valence-electron chi connectivity index (χ1n) is 6.89. The van der Waals surface area contributed by atoms with Crippen molar-refractivity contribution in [2.75, 3.05) is 5.32 Å². The van der Waals surface area contributed by atoms with Crippen LogP contribution in [0.3, 0.4) is 0 Å². The summed E-state index contributed by atoms with van der Waals surface area (Å²) in [6.07, 6.45) is 3.17. The van der Waals surface area contributed by atoms with Crippen LogP contribution in [-0.2, 0) is 11.3 Å². The zero-order valence-electron chi connectivity index (χ0n) is 12.9. The van der Waals surface area contributed by atoms with Gasteiger partial charge in [0, 0.05) is 24.1 Å². The molecule has 5 nitrogen and oxygen atoms in total. The molecule has 0 spiro atoms. The van der Waals surface area contributed by atoms with Gasteiger partial charge in [-0.3, -0.25) is 5.32 Å².